The maximum atomic E-state index is 13.7. The van der Waals surface area contributed by atoms with E-state index in [4.69, 9.17) is 0 Å². The molecule has 0 radical (unpaired) electrons. The van der Waals surface area contributed by atoms with Crippen LogP contribution in [0.2, 0.25) is 0 Å². The van der Waals surface area contributed by atoms with E-state index in [9.17, 15) is 49.7 Å². The molecule has 49 heavy (non-hydrogen) atoms. The van der Waals surface area contributed by atoms with Crippen LogP contribution in [0.4, 0.5) is 39.5 Å². The number of benzene rings is 1. The maximum absolute atomic E-state index is 13.7. The van der Waals surface area contributed by atoms with Crippen molar-refractivity contribution >= 4 is 11.8 Å². The van der Waals surface area contributed by atoms with Gasteiger partial charge < -0.3 is 15.1 Å². The number of phenols is 1. The van der Waals surface area contributed by atoms with Crippen LogP contribution in [-0.4, -0.2) is 76.8 Å². The van der Waals surface area contributed by atoms with Crippen molar-refractivity contribution in [1.82, 2.24) is 4.90 Å². The van der Waals surface area contributed by atoms with E-state index in [1.54, 1.807) is 0 Å². The van der Waals surface area contributed by atoms with Crippen molar-refractivity contribution in [2.24, 2.45) is 28.6 Å². The van der Waals surface area contributed by atoms with E-state index in [1.165, 1.54) is 22.9 Å². The summed E-state index contributed by atoms with van der Waals surface area (Å²) in [4.78, 5) is 2.16. The van der Waals surface area contributed by atoms with Crippen LogP contribution in [-0.2, 0) is 6.42 Å². The van der Waals surface area contributed by atoms with Crippen molar-refractivity contribution < 1.29 is 49.7 Å². The number of nitrogens with zero attached hydrogens (tertiary/aromatic N) is 1. The van der Waals surface area contributed by atoms with Gasteiger partial charge in [-0.15, -0.1) is 0 Å². The van der Waals surface area contributed by atoms with Gasteiger partial charge in [-0.1, -0.05) is 25.8 Å². The zero-order chi connectivity index (χ0) is 36.0. The Morgan fingerprint density at radius 1 is 0.878 bits per heavy atom. The Bertz CT molecular complexity index is 1290. The number of halogens is 9. The molecule has 13 heteroatoms. The summed E-state index contributed by atoms with van der Waals surface area (Å²) in [6.45, 7) is 4.03. The minimum absolute atomic E-state index is 0.0555. The number of hydrogen-bond donors (Lipinski definition) is 2. The fourth-order valence-electron chi connectivity index (χ4n) is 9.90. The van der Waals surface area contributed by atoms with Gasteiger partial charge in [0.05, 0.1) is 6.10 Å². The van der Waals surface area contributed by atoms with Crippen LogP contribution in [0.15, 0.2) is 18.2 Å². The van der Waals surface area contributed by atoms with Crippen LogP contribution in [0.5, 0.6) is 5.75 Å². The molecule has 6 atom stereocenters. The maximum Gasteiger partial charge on any atom is 0.460 e. The molecule has 3 nitrogen and oxygen atoms in total. The molecule has 4 aliphatic rings. The van der Waals surface area contributed by atoms with Gasteiger partial charge in [0.25, 0.3) is 0 Å². The van der Waals surface area contributed by atoms with E-state index in [-0.39, 0.29) is 22.7 Å². The first-order valence-electron chi connectivity index (χ1n) is 17.8. The first kappa shape index (κ1) is 38.9. The van der Waals surface area contributed by atoms with Crippen LogP contribution >= 0.6 is 11.8 Å². The summed E-state index contributed by atoms with van der Waals surface area (Å²) >= 11 is 1.18. The lowest BCUT2D eigenvalue weighted by atomic mass is 9.50. The van der Waals surface area contributed by atoms with Crippen LogP contribution in [0.1, 0.15) is 101 Å². The second-order valence-corrected chi connectivity index (χ2v) is 16.8. The first-order chi connectivity index (χ1) is 22.8. The molecule has 0 bridgehead atoms. The van der Waals surface area contributed by atoms with Gasteiger partial charge in [0, 0.05) is 11.8 Å². The minimum Gasteiger partial charge on any atom is -0.508 e. The second kappa shape index (κ2) is 14.2. The fourth-order valence-corrected chi connectivity index (χ4v) is 10.8. The Hall–Kier alpha value is -1.34. The minimum atomic E-state index is -6.83. The number of hydrogen-bond acceptors (Lipinski definition) is 4. The molecule has 0 aromatic heterocycles. The molecule has 280 valence electrons. The molecule has 2 N–H and O–H groups in total. The van der Waals surface area contributed by atoms with E-state index in [0.29, 0.717) is 41.6 Å². The number of rotatable bonds is 16. The van der Waals surface area contributed by atoms with Crippen LogP contribution in [0.25, 0.3) is 0 Å². The van der Waals surface area contributed by atoms with Crippen molar-refractivity contribution in [3.05, 3.63) is 29.3 Å². The highest BCUT2D eigenvalue weighted by Gasteiger charge is 2.81. The van der Waals surface area contributed by atoms with Gasteiger partial charge >= 0.3 is 23.9 Å². The van der Waals surface area contributed by atoms with Crippen molar-refractivity contribution in [2.75, 3.05) is 31.6 Å². The van der Waals surface area contributed by atoms with E-state index in [1.807, 2.05) is 19.2 Å². The fraction of sp³-hybridized carbons (Fsp3) is 0.833. The Morgan fingerprint density at radius 3 is 2.22 bits per heavy atom. The van der Waals surface area contributed by atoms with Gasteiger partial charge in [0.15, 0.2) is 0 Å². The summed E-state index contributed by atoms with van der Waals surface area (Å²) in [7, 11) is 1.98. The topological polar surface area (TPSA) is 43.7 Å². The predicted molar refractivity (Wildman–Crippen MR) is 173 cm³/mol. The Labute approximate surface area is 287 Å². The highest BCUT2D eigenvalue weighted by atomic mass is 32.2. The van der Waals surface area contributed by atoms with E-state index < -0.39 is 36.8 Å². The van der Waals surface area contributed by atoms with Crippen molar-refractivity contribution in [1.29, 1.82) is 0 Å². The third kappa shape index (κ3) is 7.20. The molecule has 0 aliphatic heterocycles. The number of alkyl halides is 9. The number of thioether (sulfide) groups is 1. The molecule has 4 aliphatic carbocycles. The average molecular weight is 732 g/mol. The number of aliphatic hydroxyl groups excluding tert-OH is 1. The van der Waals surface area contributed by atoms with E-state index >= 15 is 0 Å². The molecule has 4 unspecified atom stereocenters. The third-order valence-electron chi connectivity index (χ3n) is 12.7. The normalized spacial score (nSPS) is 29.6. The number of phenolic OH excluding ortho intramolecular Hbond substituents is 1. The van der Waals surface area contributed by atoms with E-state index in [2.05, 4.69) is 17.9 Å². The molecule has 3 saturated carbocycles. The van der Waals surface area contributed by atoms with Gasteiger partial charge in [-0.05, 0) is 148 Å². The molecule has 1 aromatic carbocycles. The zero-order valence-electron chi connectivity index (χ0n) is 28.3. The summed E-state index contributed by atoms with van der Waals surface area (Å²) in [6, 6.07) is 5.88. The largest absolute Gasteiger partial charge is 0.508 e. The smallest absolute Gasteiger partial charge is 0.460 e. The summed E-state index contributed by atoms with van der Waals surface area (Å²) < 4.78 is 117. The Balaban J connectivity index is 1.01. The van der Waals surface area contributed by atoms with Crippen LogP contribution in [0, 0.1) is 28.6 Å². The summed E-state index contributed by atoms with van der Waals surface area (Å²) in [5.41, 5.74) is 2.95. The molecule has 0 saturated heterocycles. The molecule has 3 fully saturated rings. The number of aromatic hydroxyl groups is 1. The number of unbranched alkanes of at least 4 members (excludes halogenated alkanes) is 2. The molecule has 0 amide bonds. The zero-order valence-corrected chi connectivity index (χ0v) is 29.1. The Kier molecular flexibility index (Phi) is 11.3. The lowest BCUT2D eigenvalue weighted by molar-refractivity contribution is -0.396. The molecular formula is C36H50F9NO2S. The van der Waals surface area contributed by atoms with Crippen LogP contribution in [0.3, 0.4) is 0 Å². The molecule has 5 rings (SSSR count). The summed E-state index contributed by atoms with van der Waals surface area (Å²) in [6.07, 6.45) is 1.96. The summed E-state index contributed by atoms with van der Waals surface area (Å²) in [5.74, 6) is -16.1. The third-order valence-corrected chi connectivity index (χ3v) is 13.9. The van der Waals surface area contributed by atoms with Crippen LogP contribution < -0.4 is 0 Å². The molecule has 0 heterocycles. The highest BCUT2D eigenvalue weighted by Crippen LogP contribution is 2.76. The first-order valence-corrected chi connectivity index (χ1v) is 18.9. The lowest BCUT2D eigenvalue weighted by Crippen LogP contribution is -2.60. The van der Waals surface area contributed by atoms with Gasteiger partial charge in [0.1, 0.15) is 5.75 Å². The predicted octanol–water partition coefficient (Wildman–Crippen LogP) is 10.1. The molecular weight excluding hydrogens is 681 g/mol. The number of aliphatic hydroxyl groups is 1. The van der Waals surface area contributed by atoms with E-state index in [0.717, 1.165) is 77.3 Å². The van der Waals surface area contributed by atoms with Gasteiger partial charge in [0.2, 0.25) is 0 Å². The molecule has 1 spiro atoms. The average Bonchev–Trinajstić information content (AvgIpc) is 3.80. The Morgan fingerprint density at radius 2 is 1.55 bits per heavy atom. The monoisotopic (exact) mass is 731 g/mol. The van der Waals surface area contributed by atoms with Crippen molar-refractivity contribution in [3.63, 3.8) is 0 Å². The van der Waals surface area contributed by atoms with Gasteiger partial charge in [-0.3, -0.25) is 0 Å². The highest BCUT2D eigenvalue weighted by molar-refractivity contribution is 7.99. The van der Waals surface area contributed by atoms with Crippen molar-refractivity contribution in [3.8, 4) is 5.75 Å². The van der Waals surface area contributed by atoms with Gasteiger partial charge in [-0.2, -0.15) is 51.3 Å². The second-order valence-electron chi connectivity index (χ2n) is 15.6. The van der Waals surface area contributed by atoms with Crippen molar-refractivity contribution in [2.45, 2.75) is 126 Å². The molecule has 1 aromatic rings. The SMILES string of the molecule is CN(CCCCCC1Cc2cc(O)ccc2C2CC[C@@]3(C)C(C[C@@H](O)C34CC4)C12)CCCSCCCC(F)(F)C(F)(F)C(F)(F)C(F)(F)F. The quantitative estimate of drug-likeness (QED) is 0.131. The lowest BCUT2D eigenvalue weighted by Gasteiger charge is -2.54. The van der Waals surface area contributed by atoms with Gasteiger partial charge in [-0.25, -0.2) is 0 Å². The summed E-state index contributed by atoms with van der Waals surface area (Å²) in [5, 5.41) is 21.4. The standard InChI is InChI=1S/C36H50F9NO2S/c1-31-13-11-27-26-10-9-25(47)21-24(26)20-23(30(27)28(31)22-29(48)32(31)14-15-32)8-4-3-5-16-46(2)17-7-19-49-18-6-12-33(37,38)34(39,40)35(41,42)36(43,44)45/h9-10,21,23,27-30,47-48H,3-8,11-20,22H2,1-2H3/t23?,27?,28?,29-,30?,31+/m1/s1. The number of fused-ring (bicyclic) bond motifs is 6.